The topological polar surface area (TPSA) is 93.7 Å². The molecule has 3 heterocycles. The number of aromatic nitrogens is 2. The Morgan fingerprint density at radius 2 is 1.87 bits per heavy atom. The predicted molar refractivity (Wildman–Crippen MR) is 111 cm³/mol. The minimum Gasteiger partial charge on any atom is -0.454 e. The summed E-state index contributed by atoms with van der Waals surface area (Å²) in [5.41, 5.74) is 0.607. The summed E-state index contributed by atoms with van der Waals surface area (Å²) in [5.74, 6) is 1.34. The van der Waals surface area contributed by atoms with Gasteiger partial charge in [-0.2, -0.15) is 0 Å². The molecule has 1 unspecified atom stereocenters. The maximum atomic E-state index is 13.0. The zero-order chi connectivity index (χ0) is 20.5. The molecule has 1 atom stereocenters. The first kappa shape index (κ1) is 19.3. The molecule has 8 nitrogen and oxygen atoms in total. The van der Waals surface area contributed by atoms with E-state index in [0.29, 0.717) is 22.2 Å². The van der Waals surface area contributed by atoms with Crippen LogP contribution in [-0.2, 0) is 4.79 Å². The van der Waals surface area contributed by atoms with Crippen LogP contribution < -0.4 is 14.8 Å². The van der Waals surface area contributed by atoms with Crippen molar-refractivity contribution in [2.75, 3.05) is 18.7 Å². The molecule has 2 aliphatic heterocycles. The van der Waals surface area contributed by atoms with Crippen LogP contribution >= 0.6 is 11.3 Å². The van der Waals surface area contributed by atoms with Gasteiger partial charge in [0, 0.05) is 24.2 Å². The van der Waals surface area contributed by atoms with E-state index in [1.54, 1.807) is 18.2 Å². The molecule has 1 saturated carbocycles. The van der Waals surface area contributed by atoms with Crippen LogP contribution in [0, 0.1) is 5.92 Å². The van der Waals surface area contributed by atoms with E-state index >= 15 is 0 Å². The Balaban J connectivity index is 1.27. The van der Waals surface area contributed by atoms with Crippen molar-refractivity contribution >= 4 is 28.8 Å². The number of anilines is 1. The lowest BCUT2D eigenvalue weighted by atomic mass is 9.88. The van der Waals surface area contributed by atoms with Gasteiger partial charge in [0.25, 0.3) is 5.91 Å². The number of likely N-dealkylation sites (tertiary alicyclic amines) is 1. The smallest absolute Gasteiger partial charge is 0.286 e. The van der Waals surface area contributed by atoms with Crippen LogP contribution in [0.2, 0.25) is 0 Å². The largest absolute Gasteiger partial charge is 0.454 e. The molecule has 9 heteroatoms. The maximum absolute atomic E-state index is 13.0. The van der Waals surface area contributed by atoms with E-state index in [0.717, 1.165) is 50.1 Å². The number of hydrogen-bond acceptors (Lipinski definition) is 7. The third-order valence-electron chi connectivity index (χ3n) is 6.04. The molecule has 1 aromatic heterocycles. The van der Waals surface area contributed by atoms with Gasteiger partial charge in [0.1, 0.15) is 5.01 Å². The number of fused-ring (bicyclic) bond motifs is 1. The van der Waals surface area contributed by atoms with E-state index in [-0.39, 0.29) is 30.6 Å². The highest BCUT2D eigenvalue weighted by molar-refractivity contribution is 7.13. The van der Waals surface area contributed by atoms with Gasteiger partial charge in [-0.05, 0) is 37.8 Å². The Labute approximate surface area is 178 Å². The van der Waals surface area contributed by atoms with Crippen LogP contribution in [0.5, 0.6) is 11.5 Å². The third-order valence-corrected chi connectivity index (χ3v) is 7.06. The standard InChI is InChI=1S/C21H24N4O4S/c26-18(22-14-8-9-16-17(11-14)29-12-28-16)20-24-23-19(30-20)15-7-4-10-25(15)21(27)13-5-2-1-3-6-13/h8-9,11,13,15H,1-7,10,12H2,(H,22,26). The fourth-order valence-corrected chi connectivity index (χ4v) is 5.38. The summed E-state index contributed by atoms with van der Waals surface area (Å²) in [6.45, 7) is 0.947. The molecule has 1 aliphatic carbocycles. The number of carbonyl (C=O) groups is 2. The molecule has 0 spiro atoms. The van der Waals surface area contributed by atoms with Gasteiger partial charge < -0.3 is 19.7 Å². The average Bonchev–Trinajstić information content (AvgIpc) is 3.53. The van der Waals surface area contributed by atoms with Gasteiger partial charge in [0.05, 0.1) is 6.04 Å². The second-order valence-corrected chi connectivity index (χ2v) is 9.00. The van der Waals surface area contributed by atoms with E-state index in [1.807, 2.05) is 4.90 Å². The van der Waals surface area contributed by atoms with E-state index in [2.05, 4.69) is 15.5 Å². The Morgan fingerprint density at radius 1 is 1.03 bits per heavy atom. The predicted octanol–water partition coefficient (Wildman–Crippen LogP) is 3.76. The molecule has 0 bridgehead atoms. The quantitative estimate of drug-likeness (QED) is 0.797. The number of rotatable bonds is 4. The van der Waals surface area contributed by atoms with Crippen LogP contribution in [0.3, 0.4) is 0 Å². The summed E-state index contributed by atoms with van der Waals surface area (Å²) in [5, 5.41) is 12.2. The fourth-order valence-electron chi connectivity index (χ4n) is 4.49. The Morgan fingerprint density at radius 3 is 2.73 bits per heavy atom. The Kier molecular flexibility index (Phi) is 5.28. The number of amides is 2. The fraction of sp³-hybridized carbons (Fsp3) is 0.524. The summed E-state index contributed by atoms with van der Waals surface area (Å²) in [7, 11) is 0. The maximum Gasteiger partial charge on any atom is 0.286 e. The Bertz CT molecular complexity index is 956. The molecule has 158 valence electrons. The van der Waals surface area contributed by atoms with Crippen molar-refractivity contribution in [3.05, 3.63) is 28.2 Å². The number of nitrogens with one attached hydrogen (secondary N) is 1. The van der Waals surface area contributed by atoms with E-state index in [1.165, 1.54) is 17.8 Å². The van der Waals surface area contributed by atoms with Crippen LogP contribution in [0.25, 0.3) is 0 Å². The van der Waals surface area contributed by atoms with Crippen molar-refractivity contribution < 1.29 is 19.1 Å². The zero-order valence-electron chi connectivity index (χ0n) is 16.6. The SMILES string of the molecule is O=C(Nc1ccc2c(c1)OCO2)c1nnc(C2CCCN2C(=O)C2CCCCC2)s1. The third kappa shape index (κ3) is 3.74. The molecular formula is C21H24N4O4S. The lowest BCUT2D eigenvalue weighted by Gasteiger charge is -2.29. The molecule has 2 fully saturated rings. The zero-order valence-corrected chi connectivity index (χ0v) is 17.5. The highest BCUT2D eigenvalue weighted by Gasteiger charge is 2.36. The highest BCUT2D eigenvalue weighted by Crippen LogP contribution is 2.37. The van der Waals surface area contributed by atoms with Crippen molar-refractivity contribution in [3.63, 3.8) is 0 Å². The molecule has 0 radical (unpaired) electrons. The van der Waals surface area contributed by atoms with Crippen LogP contribution in [-0.4, -0.2) is 40.2 Å². The van der Waals surface area contributed by atoms with Crippen LogP contribution in [0.4, 0.5) is 5.69 Å². The van der Waals surface area contributed by atoms with Gasteiger partial charge >= 0.3 is 0 Å². The molecule has 3 aliphatic rings. The summed E-state index contributed by atoms with van der Waals surface area (Å²) in [6, 6.07) is 5.18. The number of carbonyl (C=O) groups excluding carboxylic acids is 2. The van der Waals surface area contributed by atoms with Gasteiger partial charge in [-0.15, -0.1) is 10.2 Å². The number of ether oxygens (including phenoxy) is 2. The van der Waals surface area contributed by atoms with Crippen molar-refractivity contribution in [1.82, 2.24) is 15.1 Å². The minimum atomic E-state index is -0.319. The molecular weight excluding hydrogens is 404 g/mol. The molecule has 5 rings (SSSR count). The lowest BCUT2D eigenvalue weighted by molar-refractivity contribution is -0.137. The van der Waals surface area contributed by atoms with E-state index in [4.69, 9.17) is 9.47 Å². The van der Waals surface area contributed by atoms with Gasteiger partial charge in [0.15, 0.2) is 11.5 Å². The normalized spacial score (nSPS) is 21.1. The Hall–Kier alpha value is -2.68. The molecule has 1 N–H and O–H groups in total. The van der Waals surface area contributed by atoms with Gasteiger partial charge in [-0.1, -0.05) is 30.6 Å². The molecule has 2 aromatic rings. The number of benzene rings is 1. The number of nitrogens with zero attached hydrogens (tertiary/aromatic N) is 3. The first-order valence-corrected chi connectivity index (χ1v) is 11.4. The van der Waals surface area contributed by atoms with Gasteiger partial charge in [-0.25, -0.2) is 0 Å². The van der Waals surface area contributed by atoms with E-state index < -0.39 is 0 Å². The average molecular weight is 429 g/mol. The minimum absolute atomic E-state index is 0.0657. The highest BCUT2D eigenvalue weighted by atomic mass is 32.1. The molecule has 30 heavy (non-hydrogen) atoms. The van der Waals surface area contributed by atoms with Gasteiger partial charge in [0.2, 0.25) is 17.7 Å². The first-order valence-electron chi connectivity index (χ1n) is 10.5. The molecule has 2 amide bonds. The van der Waals surface area contributed by atoms with Crippen molar-refractivity contribution in [2.45, 2.75) is 51.0 Å². The molecule has 1 aromatic carbocycles. The van der Waals surface area contributed by atoms with Crippen LogP contribution in [0.1, 0.15) is 65.8 Å². The first-order chi connectivity index (χ1) is 14.7. The van der Waals surface area contributed by atoms with Gasteiger partial charge in [-0.3, -0.25) is 9.59 Å². The number of hydrogen-bond donors (Lipinski definition) is 1. The van der Waals surface area contributed by atoms with Crippen molar-refractivity contribution in [2.24, 2.45) is 5.92 Å². The van der Waals surface area contributed by atoms with E-state index in [9.17, 15) is 9.59 Å². The summed E-state index contributed by atoms with van der Waals surface area (Å²) in [6.07, 6.45) is 7.31. The monoisotopic (exact) mass is 428 g/mol. The molecule has 1 saturated heterocycles. The second kappa shape index (κ2) is 8.22. The second-order valence-electron chi connectivity index (χ2n) is 7.99. The summed E-state index contributed by atoms with van der Waals surface area (Å²) in [4.78, 5) is 27.7. The lowest BCUT2D eigenvalue weighted by Crippen LogP contribution is -2.36. The summed E-state index contributed by atoms with van der Waals surface area (Å²) >= 11 is 1.27. The van der Waals surface area contributed by atoms with Crippen molar-refractivity contribution in [3.8, 4) is 11.5 Å². The summed E-state index contributed by atoms with van der Waals surface area (Å²) < 4.78 is 10.6. The van der Waals surface area contributed by atoms with Crippen LogP contribution in [0.15, 0.2) is 18.2 Å². The van der Waals surface area contributed by atoms with Crippen molar-refractivity contribution in [1.29, 1.82) is 0 Å².